The van der Waals surface area contributed by atoms with E-state index >= 15 is 0 Å². The first kappa shape index (κ1) is 15.8. The lowest BCUT2D eigenvalue weighted by Gasteiger charge is -2.15. The molecule has 1 unspecified atom stereocenters. The third-order valence-electron chi connectivity index (χ3n) is 3.88. The van der Waals surface area contributed by atoms with E-state index in [-0.39, 0.29) is 11.9 Å². The van der Waals surface area contributed by atoms with Gasteiger partial charge in [-0.3, -0.25) is 4.79 Å². The van der Waals surface area contributed by atoms with Gasteiger partial charge in [0.1, 0.15) is 5.75 Å². The average Bonchev–Trinajstić information content (AvgIpc) is 3.16. The van der Waals surface area contributed by atoms with Crippen molar-refractivity contribution in [3.8, 4) is 11.4 Å². The molecule has 3 rings (SSSR count). The van der Waals surface area contributed by atoms with Crippen molar-refractivity contribution < 1.29 is 9.53 Å². The maximum atomic E-state index is 12.4. The Labute approximate surface area is 140 Å². The number of hydrogen-bond donors (Lipinski definition) is 1. The van der Waals surface area contributed by atoms with Gasteiger partial charge in [0.25, 0.3) is 5.91 Å². The number of hydrogen-bond acceptors (Lipinski definition) is 3. The van der Waals surface area contributed by atoms with E-state index in [1.165, 1.54) is 0 Å². The molecule has 122 valence electrons. The summed E-state index contributed by atoms with van der Waals surface area (Å²) < 4.78 is 7.09. The van der Waals surface area contributed by atoms with Crippen LogP contribution in [0.5, 0.6) is 5.75 Å². The Balaban J connectivity index is 1.70. The number of aromatic nitrogens is 2. The highest BCUT2D eigenvalue weighted by Crippen LogP contribution is 2.17. The lowest BCUT2D eigenvalue weighted by atomic mass is 10.1. The van der Waals surface area contributed by atoms with Gasteiger partial charge < -0.3 is 14.6 Å². The minimum absolute atomic E-state index is 0.0967. The quantitative estimate of drug-likeness (QED) is 0.784. The van der Waals surface area contributed by atoms with Crippen molar-refractivity contribution in [2.24, 2.45) is 0 Å². The van der Waals surface area contributed by atoms with Crippen LogP contribution < -0.4 is 10.1 Å². The summed E-state index contributed by atoms with van der Waals surface area (Å²) in [6.07, 6.45) is 5.39. The molecule has 0 spiro atoms. The second-order valence-corrected chi connectivity index (χ2v) is 5.49. The SMILES string of the molecule is COc1cccc(C(=O)NC(C)c2ccc(-n3ccnc3)cc2)c1. The fourth-order valence-corrected chi connectivity index (χ4v) is 2.47. The molecule has 0 aliphatic heterocycles. The van der Waals surface area contributed by atoms with E-state index in [0.29, 0.717) is 11.3 Å². The second-order valence-electron chi connectivity index (χ2n) is 5.49. The molecular formula is C19H19N3O2. The van der Waals surface area contributed by atoms with Crippen LogP contribution in [0.2, 0.25) is 0 Å². The molecule has 0 fully saturated rings. The van der Waals surface area contributed by atoms with Gasteiger partial charge >= 0.3 is 0 Å². The summed E-state index contributed by atoms with van der Waals surface area (Å²) in [5.41, 5.74) is 2.65. The molecule has 1 aromatic heterocycles. The van der Waals surface area contributed by atoms with Crippen LogP contribution in [0, 0.1) is 0 Å². The highest BCUT2D eigenvalue weighted by molar-refractivity contribution is 5.94. The number of nitrogens with zero attached hydrogens (tertiary/aromatic N) is 2. The standard InChI is InChI=1S/C19H19N3O2/c1-14(21-19(23)16-4-3-5-18(12-16)24-2)15-6-8-17(9-7-15)22-11-10-20-13-22/h3-14H,1-2H3,(H,21,23). The highest BCUT2D eigenvalue weighted by atomic mass is 16.5. The molecule has 0 aliphatic carbocycles. The van der Waals surface area contributed by atoms with Gasteiger partial charge in [-0.2, -0.15) is 0 Å². The van der Waals surface area contributed by atoms with Crippen molar-refractivity contribution in [1.82, 2.24) is 14.9 Å². The van der Waals surface area contributed by atoms with Gasteiger partial charge in [0.2, 0.25) is 0 Å². The Bertz CT molecular complexity index is 811. The Hall–Kier alpha value is -3.08. The van der Waals surface area contributed by atoms with E-state index in [1.54, 1.807) is 37.8 Å². The molecule has 1 N–H and O–H groups in total. The Morgan fingerprint density at radius 3 is 2.67 bits per heavy atom. The zero-order valence-electron chi connectivity index (χ0n) is 13.6. The molecule has 0 aliphatic rings. The van der Waals surface area contributed by atoms with Gasteiger partial charge in [-0.25, -0.2) is 4.98 Å². The predicted octanol–water partition coefficient (Wildman–Crippen LogP) is 3.37. The Morgan fingerprint density at radius 2 is 2.00 bits per heavy atom. The van der Waals surface area contributed by atoms with Crippen molar-refractivity contribution in [1.29, 1.82) is 0 Å². The third-order valence-corrected chi connectivity index (χ3v) is 3.88. The van der Waals surface area contributed by atoms with Crippen LogP contribution in [0.25, 0.3) is 5.69 Å². The van der Waals surface area contributed by atoms with E-state index in [1.807, 2.05) is 48.0 Å². The molecule has 1 amide bonds. The average molecular weight is 321 g/mol. The summed E-state index contributed by atoms with van der Waals surface area (Å²) in [7, 11) is 1.58. The number of nitrogens with one attached hydrogen (secondary N) is 1. The molecule has 0 radical (unpaired) electrons. The van der Waals surface area contributed by atoms with E-state index in [2.05, 4.69) is 10.3 Å². The van der Waals surface area contributed by atoms with Crippen LogP contribution in [0.15, 0.2) is 67.3 Å². The fourth-order valence-electron chi connectivity index (χ4n) is 2.47. The van der Waals surface area contributed by atoms with E-state index < -0.39 is 0 Å². The van der Waals surface area contributed by atoms with Crippen molar-refractivity contribution in [3.05, 3.63) is 78.4 Å². The van der Waals surface area contributed by atoms with Gasteiger partial charge in [-0.1, -0.05) is 18.2 Å². The molecule has 5 heteroatoms. The summed E-state index contributed by atoms with van der Waals surface area (Å²) in [6, 6.07) is 15.0. The van der Waals surface area contributed by atoms with Crippen molar-refractivity contribution in [2.45, 2.75) is 13.0 Å². The van der Waals surface area contributed by atoms with Gasteiger partial charge in [0, 0.05) is 23.6 Å². The van der Waals surface area contributed by atoms with E-state index in [4.69, 9.17) is 4.74 Å². The molecule has 5 nitrogen and oxygen atoms in total. The van der Waals surface area contributed by atoms with Gasteiger partial charge in [-0.15, -0.1) is 0 Å². The zero-order valence-corrected chi connectivity index (χ0v) is 13.6. The number of amides is 1. The van der Waals surface area contributed by atoms with Crippen LogP contribution in [0.1, 0.15) is 28.9 Å². The molecular weight excluding hydrogens is 302 g/mol. The number of benzene rings is 2. The monoisotopic (exact) mass is 321 g/mol. The predicted molar refractivity (Wildman–Crippen MR) is 92.4 cm³/mol. The molecule has 1 heterocycles. The third kappa shape index (κ3) is 3.46. The molecule has 0 saturated carbocycles. The van der Waals surface area contributed by atoms with Crippen LogP contribution in [0.4, 0.5) is 0 Å². The van der Waals surface area contributed by atoms with Crippen LogP contribution in [-0.4, -0.2) is 22.6 Å². The molecule has 2 aromatic carbocycles. The molecule has 0 bridgehead atoms. The second kappa shape index (κ2) is 7.00. The number of imidazole rings is 1. The van der Waals surface area contributed by atoms with E-state index in [9.17, 15) is 4.79 Å². The van der Waals surface area contributed by atoms with Crippen LogP contribution in [0.3, 0.4) is 0 Å². The summed E-state index contributed by atoms with van der Waals surface area (Å²) in [5.74, 6) is 0.542. The normalized spacial score (nSPS) is 11.8. The minimum Gasteiger partial charge on any atom is -0.497 e. The highest BCUT2D eigenvalue weighted by Gasteiger charge is 2.12. The number of methoxy groups -OCH3 is 1. The lowest BCUT2D eigenvalue weighted by Crippen LogP contribution is -2.26. The van der Waals surface area contributed by atoms with E-state index in [0.717, 1.165) is 11.3 Å². The molecule has 0 saturated heterocycles. The van der Waals surface area contributed by atoms with Crippen molar-refractivity contribution >= 4 is 5.91 Å². The Kier molecular flexibility index (Phi) is 4.61. The number of carbonyl (C=O) groups excluding carboxylic acids is 1. The number of rotatable bonds is 5. The summed E-state index contributed by atoms with van der Waals surface area (Å²) in [6.45, 7) is 1.96. The first-order valence-corrected chi connectivity index (χ1v) is 7.70. The van der Waals surface area contributed by atoms with Crippen LogP contribution in [-0.2, 0) is 0 Å². The van der Waals surface area contributed by atoms with Crippen molar-refractivity contribution in [2.75, 3.05) is 7.11 Å². The van der Waals surface area contributed by atoms with Gasteiger partial charge in [0.15, 0.2) is 0 Å². The maximum absolute atomic E-state index is 12.4. The minimum atomic E-state index is -0.125. The first-order valence-electron chi connectivity index (χ1n) is 7.70. The molecule has 3 aromatic rings. The van der Waals surface area contributed by atoms with Gasteiger partial charge in [0.05, 0.1) is 19.5 Å². The fraction of sp³-hybridized carbons (Fsp3) is 0.158. The zero-order chi connectivity index (χ0) is 16.9. The van der Waals surface area contributed by atoms with Crippen LogP contribution >= 0.6 is 0 Å². The number of carbonyl (C=O) groups is 1. The maximum Gasteiger partial charge on any atom is 0.251 e. The summed E-state index contributed by atoms with van der Waals surface area (Å²) in [4.78, 5) is 16.4. The topological polar surface area (TPSA) is 56.1 Å². The number of ether oxygens (including phenoxy) is 1. The smallest absolute Gasteiger partial charge is 0.251 e. The van der Waals surface area contributed by atoms with Crippen molar-refractivity contribution in [3.63, 3.8) is 0 Å². The lowest BCUT2D eigenvalue weighted by molar-refractivity contribution is 0.0939. The molecule has 24 heavy (non-hydrogen) atoms. The summed E-state index contributed by atoms with van der Waals surface area (Å²) in [5, 5.41) is 3.00. The molecule has 1 atom stereocenters. The summed E-state index contributed by atoms with van der Waals surface area (Å²) >= 11 is 0. The van der Waals surface area contributed by atoms with Gasteiger partial charge in [-0.05, 0) is 42.8 Å². The first-order chi connectivity index (χ1) is 11.7. The largest absolute Gasteiger partial charge is 0.497 e. The Morgan fingerprint density at radius 1 is 1.21 bits per heavy atom.